The lowest BCUT2D eigenvalue weighted by atomic mass is 10.1. The van der Waals surface area contributed by atoms with E-state index in [-0.39, 0.29) is 0 Å². The van der Waals surface area contributed by atoms with E-state index in [0.29, 0.717) is 6.04 Å². The van der Waals surface area contributed by atoms with Crippen LogP contribution < -0.4 is 0 Å². The zero-order chi connectivity index (χ0) is 12.7. The maximum Gasteiger partial charge on any atom is 0.0409 e. The van der Waals surface area contributed by atoms with Crippen LogP contribution in [0.1, 0.15) is 37.8 Å². The third-order valence-corrected chi connectivity index (χ3v) is 3.64. The predicted molar refractivity (Wildman–Crippen MR) is 77.1 cm³/mol. The smallest absolute Gasteiger partial charge is 0.0409 e. The largest absolute Gasteiger partial charge is 0.300 e. The molecule has 17 heavy (non-hydrogen) atoms. The van der Waals surface area contributed by atoms with E-state index in [1.165, 1.54) is 18.4 Å². The van der Waals surface area contributed by atoms with E-state index in [4.69, 9.17) is 23.2 Å². The molecule has 0 saturated heterocycles. The maximum atomic E-state index is 6.01. The van der Waals surface area contributed by atoms with Crippen LogP contribution in [0, 0.1) is 0 Å². The second-order valence-electron chi connectivity index (χ2n) is 4.46. The summed E-state index contributed by atoms with van der Waals surface area (Å²) in [7, 11) is 2.16. The van der Waals surface area contributed by atoms with E-state index in [2.05, 4.69) is 24.9 Å². The lowest BCUT2D eigenvalue weighted by Crippen LogP contribution is -2.23. The normalized spacial score (nSPS) is 13.0. The van der Waals surface area contributed by atoms with Crippen LogP contribution in [0.3, 0.4) is 0 Å². The van der Waals surface area contributed by atoms with Crippen LogP contribution >= 0.6 is 23.2 Å². The lowest BCUT2D eigenvalue weighted by molar-refractivity contribution is 0.256. The minimum Gasteiger partial charge on any atom is -0.300 e. The Morgan fingerprint density at radius 3 is 2.65 bits per heavy atom. The number of hydrogen-bond acceptors (Lipinski definition) is 1. The summed E-state index contributed by atoms with van der Waals surface area (Å²) in [6.07, 6.45) is 3.52. The van der Waals surface area contributed by atoms with E-state index >= 15 is 0 Å². The highest BCUT2D eigenvalue weighted by Crippen LogP contribution is 2.22. The molecule has 0 aliphatic carbocycles. The molecule has 1 nitrogen and oxygen atoms in total. The summed E-state index contributed by atoms with van der Waals surface area (Å²) in [6.45, 7) is 3.32. The molecule has 0 heterocycles. The molecule has 0 bridgehead atoms. The number of benzene rings is 1. The van der Waals surface area contributed by atoms with Crippen LogP contribution in [0.15, 0.2) is 24.3 Å². The number of hydrogen-bond donors (Lipinski definition) is 0. The van der Waals surface area contributed by atoms with Crippen molar-refractivity contribution in [1.29, 1.82) is 0 Å². The van der Waals surface area contributed by atoms with Crippen molar-refractivity contribution in [3.05, 3.63) is 34.9 Å². The van der Waals surface area contributed by atoms with Crippen molar-refractivity contribution < 1.29 is 0 Å². The van der Waals surface area contributed by atoms with Gasteiger partial charge in [-0.15, -0.1) is 11.6 Å². The van der Waals surface area contributed by atoms with Crippen molar-refractivity contribution in [2.75, 3.05) is 19.5 Å². The number of unbranched alkanes of at least 4 members (excludes halogenated alkanes) is 2. The highest BCUT2D eigenvalue weighted by molar-refractivity contribution is 6.30. The molecule has 0 amide bonds. The van der Waals surface area contributed by atoms with Gasteiger partial charge in [-0.05, 0) is 51.1 Å². The Labute approximate surface area is 115 Å². The fourth-order valence-corrected chi connectivity index (χ4v) is 2.23. The monoisotopic (exact) mass is 273 g/mol. The SMILES string of the molecule is CC(c1cccc(Cl)c1)N(C)CCCCCCl. The lowest BCUT2D eigenvalue weighted by Gasteiger charge is -2.25. The van der Waals surface area contributed by atoms with E-state index in [1.807, 2.05) is 18.2 Å². The molecular formula is C14H21Cl2N. The molecule has 0 N–H and O–H groups in total. The van der Waals surface area contributed by atoms with E-state index in [9.17, 15) is 0 Å². The average molecular weight is 274 g/mol. The molecule has 0 spiro atoms. The molecule has 0 aliphatic rings. The molecule has 3 heteroatoms. The highest BCUT2D eigenvalue weighted by atomic mass is 35.5. The molecule has 1 unspecified atom stereocenters. The maximum absolute atomic E-state index is 6.01. The highest BCUT2D eigenvalue weighted by Gasteiger charge is 2.11. The minimum absolute atomic E-state index is 0.407. The summed E-state index contributed by atoms with van der Waals surface area (Å²) in [5, 5.41) is 0.810. The molecule has 0 fully saturated rings. The zero-order valence-electron chi connectivity index (χ0n) is 10.6. The van der Waals surface area contributed by atoms with Crippen LogP contribution in [-0.2, 0) is 0 Å². The predicted octanol–water partition coefficient (Wildman–Crippen LogP) is 4.74. The first-order valence-electron chi connectivity index (χ1n) is 6.17. The molecule has 0 aromatic heterocycles. The van der Waals surface area contributed by atoms with Crippen LogP contribution in [0.25, 0.3) is 0 Å². The van der Waals surface area contributed by atoms with Crippen molar-refractivity contribution >= 4 is 23.2 Å². The van der Waals surface area contributed by atoms with Gasteiger partial charge in [0.1, 0.15) is 0 Å². The summed E-state index contributed by atoms with van der Waals surface area (Å²) >= 11 is 11.7. The van der Waals surface area contributed by atoms with Crippen molar-refractivity contribution in [2.45, 2.75) is 32.2 Å². The van der Waals surface area contributed by atoms with Crippen molar-refractivity contribution in [2.24, 2.45) is 0 Å². The first-order valence-corrected chi connectivity index (χ1v) is 7.08. The van der Waals surface area contributed by atoms with E-state index < -0.39 is 0 Å². The molecule has 1 rings (SSSR count). The zero-order valence-corrected chi connectivity index (χ0v) is 12.1. The number of alkyl halides is 1. The summed E-state index contributed by atoms with van der Waals surface area (Å²) in [5.41, 5.74) is 1.28. The van der Waals surface area contributed by atoms with Crippen molar-refractivity contribution in [1.82, 2.24) is 4.90 Å². The molecule has 1 aromatic carbocycles. The fraction of sp³-hybridized carbons (Fsp3) is 0.571. The van der Waals surface area contributed by atoms with Gasteiger partial charge in [-0.3, -0.25) is 4.90 Å². The number of rotatable bonds is 7. The Hall–Kier alpha value is -0.240. The minimum atomic E-state index is 0.407. The second-order valence-corrected chi connectivity index (χ2v) is 5.28. The fourth-order valence-electron chi connectivity index (χ4n) is 1.85. The van der Waals surface area contributed by atoms with Crippen LogP contribution in [0.5, 0.6) is 0 Å². The van der Waals surface area contributed by atoms with Crippen molar-refractivity contribution in [3.63, 3.8) is 0 Å². The number of halogens is 2. The molecule has 96 valence electrons. The summed E-state index contributed by atoms with van der Waals surface area (Å²) in [4.78, 5) is 2.36. The molecule has 0 radical (unpaired) electrons. The quantitative estimate of drug-likeness (QED) is 0.512. The van der Waals surface area contributed by atoms with Crippen LogP contribution in [0.2, 0.25) is 5.02 Å². The third-order valence-electron chi connectivity index (χ3n) is 3.14. The van der Waals surface area contributed by atoms with Gasteiger partial charge in [-0.1, -0.05) is 30.2 Å². The van der Waals surface area contributed by atoms with Gasteiger partial charge in [0.05, 0.1) is 0 Å². The van der Waals surface area contributed by atoms with Gasteiger partial charge < -0.3 is 0 Å². The van der Waals surface area contributed by atoms with Gasteiger partial charge in [0.2, 0.25) is 0 Å². The third kappa shape index (κ3) is 5.29. The molecule has 0 saturated carbocycles. The van der Waals surface area contributed by atoms with E-state index in [1.54, 1.807) is 0 Å². The Bertz CT molecular complexity index is 328. The first kappa shape index (κ1) is 14.8. The Morgan fingerprint density at radius 2 is 2.00 bits per heavy atom. The molecule has 1 atom stereocenters. The second kappa shape index (κ2) is 7.97. The van der Waals surface area contributed by atoms with Gasteiger partial charge in [-0.25, -0.2) is 0 Å². The van der Waals surface area contributed by atoms with Gasteiger partial charge in [0.25, 0.3) is 0 Å². The molecular weight excluding hydrogens is 253 g/mol. The summed E-state index contributed by atoms with van der Waals surface area (Å²) < 4.78 is 0. The Kier molecular flexibility index (Phi) is 6.94. The topological polar surface area (TPSA) is 3.24 Å². The van der Waals surface area contributed by atoms with Gasteiger partial charge in [0, 0.05) is 16.9 Å². The summed E-state index contributed by atoms with van der Waals surface area (Å²) in [6, 6.07) is 8.51. The standard InChI is InChI=1S/C14H21Cl2N/c1-12(13-7-6-8-14(16)11-13)17(2)10-5-3-4-9-15/h6-8,11-12H,3-5,9-10H2,1-2H3. The van der Waals surface area contributed by atoms with Gasteiger partial charge >= 0.3 is 0 Å². The first-order chi connectivity index (χ1) is 8.15. The van der Waals surface area contributed by atoms with Crippen LogP contribution in [0.4, 0.5) is 0 Å². The van der Waals surface area contributed by atoms with Crippen molar-refractivity contribution in [3.8, 4) is 0 Å². The van der Waals surface area contributed by atoms with Gasteiger partial charge in [0.15, 0.2) is 0 Å². The Balaban J connectivity index is 2.43. The average Bonchev–Trinajstić information content (AvgIpc) is 2.33. The van der Waals surface area contributed by atoms with E-state index in [0.717, 1.165) is 23.9 Å². The number of nitrogens with zero attached hydrogens (tertiary/aromatic N) is 1. The Morgan fingerprint density at radius 1 is 1.24 bits per heavy atom. The van der Waals surface area contributed by atoms with Gasteiger partial charge in [-0.2, -0.15) is 0 Å². The molecule has 0 aliphatic heterocycles. The van der Waals surface area contributed by atoms with Crippen LogP contribution in [-0.4, -0.2) is 24.4 Å². The summed E-state index contributed by atoms with van der Waals surface area (Å²) in [5.74, 6) is 0.771. The molecule has 1 aromatic rings.